The van der Waals surface area contributed by atoms with E-state index in [4.69, 9.17) is 23.7 Å². The maximum Gasteiger partial charge on any atom is 0.160 e. The van der Waals surface area contributed by atoms with E-state index in [9.17, 15) is 0 Å². The fourth-order valence-corrected chi connectivity index (χ4v) is 4.27. The van der Waals surface area contributed by atoms with Crippen LogP contribution < -0.4 is 0 Å². The molecule has 5 heteroatoms. The molecule has 194 valence electrons. The van der Waals surface area contributed by atoms with Crippen LogP contribution >= 0.6 is 0 Å². The quantitative estimate of drug-likeness (QED) is 0.234. The Balaban J connectivity index is 1.68. The van der Waals surface area contributed by atoms with Gasteiger partial charge in [-0.05, 0) is 24.0 Å². The monoisotopic (exact) mass is 484 g/mol. The predicted molar refractivity (Wildman–Crippen MR) is 139 cm³/mol. The van der Waals surface area contributed by atoms with Gasteiger partial charge in [0.05, 0.1) is 25.9 Å². The molecule has 0 bridgehead atoms. The van der Waals surface area contributed by atoms with Gasteiger partial charge in [0.2, 0.25) is 0 Å². The Morgan fingerprint density at radius 3 is 1.94 bits per heavy atom. The van der Waals surface area contributed by atoms with Gasteiger partial charge in [-0.2, -0.15) is 0 Å². The van der Waals surface area contributed by atoms with Gasteiger partial charge in [-0.1, -0.05) is 100 Å². The Hall–Kier alpha value is -1.76. The highest BCUT2D eigenvalue weighted by atomic mass is 16.7. The van der Waals surface area contributed by atoms with E-state index >= 15 is 0 Å². The van der Waals surface area contributed by atoms with E-state index in [1.54, 1.807) is 0 Å². The van der Waals surface area contributed by atoms with Crippen molar-refractivity contribution in [1.29, 1.82) is 0 Å². The van der Waals surface area contributed by atoms with Crippen LogP contribution in [0.15, 0.2) is 60.7 Å². The SMILES string of the molecule is CCCCCOC[C@H]1OC(OCCCCC)C[C@@H](OCc2ccccc2)[C@@H]1OCc1ccccc1. The zero-order valence-corrected chi connectivity index (χ0v) is 21.6. The van der Waals surface area contributed by atoms with Gasteiger partial charge in [-0.25, -0.2) is 0 Å². The molecular formula is C30H44O5. The lowest BCUT2D eigenvalue weighted by molar-refractivity contribution is -0.278. The summed E-state index contributed by atoms with van der Waals surface area (Å²) in [5, 5.41) is 0. The number of hydrogen-bond acceptors (Lipinski definition) is 5. The smallest absolute Gasteiger partial charge is 0.160 e. The van der Waals surface area contributed by atoms with E-state index in [0.717, 1.165) is 37.0 Å². The van der Waals surface area contributed by atoms with Crippen LogP contribution in [0.2, 0.25) is 0 Å². The Morgan fingerprint density at radius 1 is 0.714 bits per heavy atom. The Kier molecular flexibility index (Phi) is 13.4. The number of hydrogen-bond donors (Lipinski definition) is 0. The third-order valence-electron chi connectivity index (χ3n) is 6.30. The van der Waals surface area contributed by atoms with Gasteiger partial charge >= 0.3 is 0 Å². The lowest BCUT2D eigenvalue weighted by atomic mass is 10.0. The summed E-state index contributed by atoms with van der Waals surface area (Å²) in [6.45, 7) is 7.35. The van der Waals surface area contributed by atoms with Gasteiger partial charge in [0.25, 0.3) is 0 Å². The summed E-state index contributed by atoms with van der Waals surface area (Å²) >= 11 is 0. The number of unbranched alkanes of at least 4 members (excludes halogenated alkanes) is 4. The van der Waals surface area contributed by atoms with Gasteiger partial charge in [-0.3, -0.25) is 0 Å². The maximum absolute atomic E-state index is 6.47. The summed E-state index contributed by atoms with van der Waals surface area (Å²) in [5.74, 6) is 0. The molecule has 1 heterocycles. The van der Waals surface area contributed by atoms with Gasteiger partial charge in [0, 0.05) is 19.6 Å². The van der Waals surface area contributed by atoms with Crippen LogP contribution in [-0.2, 0) is 36.9 Å². The molecule has 0 radical (unpaired) electrons. The minimum atomic E-state index is -0.312. The first-order valence-corrected chi connectivity index (χ1v) is 13.5. The van der Waals surface area contributed by atoms with Crippen molar-refractivity contribution in [2.45, 2.75) is 96.6 Å². The first kappa shape index (κ1) is 27.8. The average molecular weight is 485 g/mol. The van der Waals surface area contributed by atoms with E-state index in [0.29, 0.717) is 32.8 Å². The molecule has 0 aliphatic carbocycles. The topological polar surface area (TPSA) is 46.2 Å². The van der Waals surface area contributed by atoms with E-state index in [-0.39, 0.29) is 24.6 Å². The minimum Gasteiger partial charge on any atom is -0.379 e. The predicted octanol–water partition coefficient (Wildman–Crippen LogP) is 6.69. The molecule has 0 N–H and O–H groups in total. The molecule has 1 unspecified atom stereocenters. The highest BCUT2D eigenvalue weighted by Crippen LogP contribution is 2.28. The summed E-state index contributed by atoms with van der Waals surface area (Å²) < 4.78 is 31.5. The zero-order chi connectivity index (χ0) is 24.6. The maximum atomic E-state index is 6.47. The van der Waals surface area contributed by atoms with Gasteiger partial charge < -0.3 is 23.7 Å². The molecule has 0 spiro atoms. The normalized spacial score (nSPS) is 22.3. The summed E-state index contributed by atoms with van der Waals surface area (Å²) in [7, 11) is 0. The first-order chi connectivity index (χ1) is 17.3. The molecule has 0 amide bonds. The molecule has 1 aliphatic heterocycles. The third kappa shape index (κ3) is 10.4. The van der Waals surface area contributed by atoms with Gasteiger partial charge in [-0.15, -0.1) is 0 Å². The Labute approximate surface area is 212 Å². The molecule has 4 atom stereocenters. The van der Waals surface area contributed by atoms with Crippen LogP contribution in [0.3, 0.4) is 0 Å². The van der Waals surface area contributed by atoms with Crippen molar-refractivity contribution >= 4 is 0 Å². The highest BCUT2D eigenvalue weighted by molar-refractivity contribution is 5.14. The number of rotatable bonds is 17. The lowest BCUT2D eigenvalue weighted by Gasteiger charge is -2.41. The molecule has 1 aliphatic rings. The van der Waals surface area contributed by atoms with E-state index < -0.39 is 0 Å². The lowest BCUT2D eigenvalue weighted by Crippen LogP contribution is -2.53. The van der Waals surface area contributed by atoms with Gasteiger partial charge in [0.1, 0.15) is 12.2 Å². The van der Waals surface area contributed by atoms with Crippen molar-refractivity contribution in [3.8, 4) is 0 Å². The minimum absolute atomic E-state index is 0.145. The van der Waals surface area contributed by atoms with Crippen LogP contribution in [0.1, 0.15) is 69.9 Å². The fraction of sp³-hybridized carbons (Fsp3) is 0.600. The van der Waals surface area contributed by atoms with Crippen LogP contribution in [0.5, 0.6) is 0 Å². The largest absolute Gasteiger partial charge is 0.379 e. The second kappa shape index (κ2) is 16.8. The highest BCUT2D eigenvalue weighted by Gasteiger charge is 2.41. The van der Waals surface area contributed by atoms with Crippen molar-refractivity contribution in [2.75, 3.05) is 19.8 Å². The summed E-state index contributed by atoms with van der Waals surface area (Å²) in [5.41, 5.74) is 2.28. The van der Waals surface area contributed by atoms with Crippen LogP contribution in [0.25, 0.3) is 0 Å². The first-order valence-electron chi connectivity index (χ1n) is 13.5. The second-order valence-corrected chi connectivity index (χ2v) is 9.30. The molecule has 2 aromatic carbocycles. The molecule has 0 saturated carbocycles. The van der Waals surface area contributed by atoms with Crippen LogP contribution in [0.4, 0.5) is 0 Å². The average Bonchev–Trinajstić information content (AvgIpc) is 2.90. The molecule has 1 saturated heterocycles. The fourth-order valence-electron chi connectivity index (χ4n) is 4.27. The molecule has 0 aromatic heterocycles. The van der Waals surface area contributed by atoms with Crippen LogP contribution in [0, 0.1) is 0 Å². The molecule has 1 fully saturated rings. The summed E-state index contributed by atoms with van der Waals surface area (Å²) in [6.07, 6.45) is 6.48. The van der Waals surface area contributed by atoms with Crippen molar-refractivity contribution in [3.05, 3.63) is 71.8 Å². The van der Waals surface area contributed by atoms with E-state index in [1.165, 1.54) is 19.3 Å². The molecule has 2 aromatic rings. The Bertz CT molecular complexity index is 769. The molecule has 5 nitrogen and oxygen atoms in total. The molecule has 35 heavy (non-hydrogen) atoms. The van der Waals surface area contributed by atoms with Crippen molar-refractivity contribution < 1.29 is 23.7 Å². The standard InChI is InChI=1S/C30H44O5/c1-3-5-13-19-31-24-28-30(34-23-26-17-11-8-12-18-26)27(33-22-25-15-9-7-10-16-25)21-29(35-28)32-20-14-6-4-2/h7-12,15-18,27-30H,3-6,13-14,19-24H2,1-2H3/t27-,28-,29?,30+/m1/s1. The second-order valence-electron chi connectivity index (χ2n) is 9.30. The van der Waals surface area contributed by atoms with E-state index in [2.05, 4.69) is 38.1 Å². The summed E-state index contributed by atoms with van der Waals surface area (Å²) in [4.78, 5) is 0. The van der Waals surface area contributed by atoms with Crippen molar-refractivity contribution in [3.63, 3.8) is 0 Å². The Morgan fingerprint density at radius 2 is 1.31 bits per heavy atom. The zero-order valence-electron chi connectivity index (χ0n) is 21.6. The van der Waals surface area contributed by atoms with Crippen molar-refractivity contribution in [1.82, 2.24) is 0 Å². The molecular weight excluding hydrogens is 440 g/mol. The number of benzene rings is 2. The summed E-state index contributed by atoms with van der Waals surface area (Å²) in [6, 6.07) is 20.5. The van der Waals surface area contributed by atoms with Crippen LogP contribution in [-0.4, -0.2) is 44.4 Å². The molecule has 3 rings (SSSR count). The van der Waals surface area contributed by atoms with Crippen molar-refractivity contribution in [2.24, 2.45) is 0 Å². The van der Waals surface area contributed by atoms with E-state index in [1.807, 2.05) is 36.4 Å². The third-order valence-corrected chi connectivity index (χ3v) is 6.30. The van der Waals surface area contributed by atoms with Gasteiger partial charge in [0.15, 0.2) is 6.29 Å². The number of ether oxygens (including phenoxy) is 5.